The normalized spacial score (nSPS) is 23.9. The molecule has 8 nitrogen and oxygen atoms in total. The molecule has 1 fully saturated rings. The van der Waals surface area contributed by atoms with Crippen molar-refractivity contribution in [3.8, 4) is 0 Å². The van der Waals surface area contributed by atoms with E-state index in [1.165, 1.54) is 0 Å². The molecule has 0 unspecified atom stereocenters. The van der Waals surface area contributed by atoms with Gasteiger partial charge in [0.15, 0.2) is 11.8 Å². The highest BCUT2D eigenvalue weighted by Gasteiger charge is 2.34. The average molecular weight is 370 g/mol. The van der Waals surface area contributed by atoms with Crippen LogP contribution in [0.3, 0.4) is 0 Å². The highest BCUT2D eigenvalue weighted by molar-refractivity contribution is 5.83. The van der Waals surface area contributed by atoms with Crippen molar-refractivity contribution in [2.45, 2.75) is 52.1 Å². The van der Waals surface area contributed by atoms with Crippen molar-refractivity contribution in [1.82, 2.24) is 0 Å². The van der Waals surface area contributed by atoms with Gasteiger partial charge in [0.25, 0.3) is 0 Å². The fourth-order valence-electron chi connectivity index (χ4n) is 2.72. The first-order valence-electron chi connectivity index (χ1n) is 8.87. The number of hydrogen-bond donors (Lipinski definition) is 2. The van der Waals surface area contributed by atoms with E-state index in [0.29, 0.717) is 32.7 Å². The van der Waals surface area contributed by atoms with Crippen LogP contribution in [0.1, 0.15) is 46.5 Å². The third-order valence-electron chi connectivity index (χ3n) is 4.11. The summed E-state index contributed by atoms with van der Waals surface area (Å²) in [6.07, 6.45) is 5.21. The molecule has 1 rings (SSSR count). The molecule has 0 bridgehead atoms. The van der Waals surface area contributed by atoms with Crippen molar-refractivity contribution in [3.05, 3.63) is 23.9 Å². The maximum atomic E-state index is 11.9. The second kappa shape index (κ2) is 10.6. The molecule has 8 heteroatoms. The van der Waals surface area contributed by atoms with Gasteiger partial charge >= 0.3 is 11.9 Å². The zero-order valence-electron chi connectivity index (χ0n) is 15.8. The molecule has 4 N–H and O–H groups in total. The van der Waals surface area contributed by atoms with E-state index in [4.69, 9.17) is 30.4 Å². The van der Waals surface area contributed by atoms with Gasteiger partial charge < -0.3 is 30.4 Å². The zero-order chi connectivity index (χ0) is 19.6. The lowest BCUT2D eigenvalue weighted by Crippen LogP contribution is -2.37. The van der Waals surface area contributed by atoms with Crippen LogP contribution < -0.4 is 11.5 Å². The third kappa shape index (κ3) is 8.13. The predicted molar refractivity (Wildman–Crippen MR) is 95.2 cm³/mol. The van der Waals surface area contributed by atoms with E-state index in [9.17, 15) is 9.59 Å². The summed E-state index contributed by atoms with van der Waals surface area (Å²) in [5.74, 6) is -0.732. The van der Waals surface area contributed by atoms with Crippen LogP contribution in [0.25, 0.3) is 0 Å². The molecule has 0 spiro atoms. The molecule has 0 aromatic rings. The van der Waals surface area contributed by atoms with Crippen LogP contribution in [-0.4, -0.2) is 37.4 Å². The molecule has 148 valence electrons. The van der Waals surface area contributed by atoms with Gasteiger partial charge in [0.1, 0.15) is 5.60 Å². The van der Waals surface area contributed by atoms with Crippen molar-refractivity contribution in [1.29, 1.82) is 0 Å². The Bertz CT molecular complexity index is 536. The molecule has 0 saturated heterocycles. The summed E-state index contributed by atoms with van der Waals surface area (Å²) in [6, 6.07) is 0. The number of rotatable bonds is 9. The summed E-state index contributed by atoms with van der Waals surface area (Å²) in [6.45, 7) is 6.53. The Morgan fingerprint density at radius 2 is 1.46 bits per heavy atom. The predicted octanol–water partition coefficient (Wildman–Crippen LogP) is 1.69. The smallest absolute Gasteiger partial charge is 0.336 e. The molecule has 1 saturated carbocycles. The fraction of sp³-hybridized carbons (Fsp3) is 0.667. The first kappa shape index (κ1) is 21.7. The molecule has 0 radical (unpaired) electrons. The highest BCUT2D eigenvalue weighted by atomic mass is 16.6. The van der Waals surface area contributed by atoms with Gasteiger partial charge in [0.2, 0.25) is 0 Å². The molecule has 0 aromatic carbocycles. The molecule has 1 aliphatic rings. The van der Waals surface area contributed by atoms with Gasteiger partial charge in [-0.1, -0.05) is 0 Å². The Labute approximate surface area is 154 Å². The number of carbonyl (C=O) groups excluding carboxylic acids is 2. The first-order valence-corrected chi connectivity index (χ1v) is 8.87. The van der Waals surface area contributed by atoms with Gasteiger partial charge in [-0.25, -0.2) is 9.59 Å². The second-order valence-corrected chi connectivity index (χ2v) is 6.40. The van der Waals surface area contributed by atoms with Crippen LogP contribution in [0, 0.1) is 5.92 Å². The van der Waals surface area contributed by atoms with Gasteiger partial charge in [0.05, 0.1) is 32.0 Å². The third-order valence-corrected chi connectivity index (χ3v) is 4.11. The van der Waals surface area contributed by atoms with Crippen molar-refractivity contribution >= 4 is 11.9 Å². The minimum absolute atomic E-state index is 0.0417. The largest absolute Gasteiger partial charge is 0.479 e. The van der Waals surface area contributed by atoms with Crippen molar-refractivity contribution in [3.63, 3.8) is 0 Å². The van der Waals surface area contributed by atoms with Crippen LogP contribution in [0.2, 0.25) is 0 Å². The van der Waals surface area contributed by atoms with E-state index < -0.39 is 17.5 Å². The molecular formula is C18H30N2O6. The topological polar surface area (TPSA) is 123 Å². The SMILES string of the molecule is CCOC(N)=CC(=O)OCC1CCC(C)(OC(=O)C=C(N)OCC)CC1. The maximum Gasteiger partial charge on any atom is 0.336 e. The molecule has 0 aromatic heterocycles. The van der Waals surface area contributed by atoms with E-state index in [-0.39, 0.29) is 17.7 Å². The zero-order valence-corrected chi connectivity index (χ0v) is 15.8. The maximum absolute atomic E-state index is 11.9. The lowest BCUT2D eigenvalue weighted by Gasteiger charge is -2.36. The molecule has 1 aliphatic carbocycles. The standard InChI is InChI=1S/C18H30N2O6/c1-4-23-14(19)10-16(21)25-12-13-6-8-18(3,9-7-13)26-17(22)11-15(20)24-5-2/h10-11,13H,4-9,12,19-20H2,1-3H3. The Hall–Kier alpha value is -2.38. The molecule has 0 atom stereocenters. The number of ether oxygens (including phenoxy) is 4. The van der Waals surface area contributed by atoms with Crippen molar-refractivity contribution in [2.24, 2.45) is 17.4 Å². The van der Waals surface area contributed by atoms with Gasteiger partial charge in [-0.3, -0.25) is 0 Å². The number of hydrogen-bond acceptors (Lipinski definition) is 8. The van der Waals surface area contributed by atoms with E-state index in [1.54, 1.807) is 13.8 Å². The highest BCUT2D eigenvalue weighted by Crippen LogP contribution is 2.35. The fourth-order valence-corrected chi connectivity index (χ4v) is 2.72. The minimum Gasteiger partial charge on any atom is -0.479 e. The van der Waals surface area contributed by atoms with Gasteiger partial charge in [-0.15, -0.1) is 0 Å². The Morgan fingerprint density at radius 1 is 0.962 bits per heavy atom. The molecule has 0 amide bonds. The molecule has 26 heavy (non-hydrogen) atoms. The van der Waals surface area contributed by atoms with Gasteiger partial charge in [-0.2, -0.15) is 0 Å². The summed E-state index contributed by atoms with van der Waals surface area (Å²) in [4.78, 5) is 23.5. The van der Waals surface area contributed by atoms with Crippen LogP contribution in [0.15, 0.2) is 23.9 Å². The van der Waals surface area contributed by atoms with Crippen LogP contribution in [-0.2, 0) is 28.5 Å². The molecule has 0 heterocycles. The summed E-state index contributed by atoms with van der Waals surface area (Å²) in [5, 5.41) is 0. The second-order valence-electron chi connectivity index (χ2n) is 6.40. The van der Waals surface area contributed by atoms with Crippen molar-refractivity contribution < 1.29 is 28.5 Å². The van der Waals surface area contributed by atoms with Gasteiger partial charge in [-0.05, 0) is 52.4 Å². The quantitative estimate of drug-likeness (QED) is 0.357. The Balaban J connectivity index is 2.39. The Morgan fingerprint density at radius 3 is 1.96 bits per heavy atom. The summed E-state index contributed by atoms with van der Waals surface area (Å²) in [5.41, 5.74) is 10.5. The summed E-state index contributed by atoms with van der Waals surface area (Å²) >= 11 is 0. The number of esters is 2. The lowest BCUT2D eigenvalue weighted by molar-refractivity contribution is -0.156. The minimum atomic E-state index is -0.556. The molecule has 0 aliphatic heterocycles. The van der Waals surface area contributed by atoms with E-state index in [2.05, 4.69) is 0 Å². The van der Waals surface area contributed by atoms with E-state index >= 15 is 0 Å². The summed E-state index contributed by atoms with van der Waals surface area (Å²) in [7, 11) is 0. The lowest BCUT2D eigenvalue weighted by atomic mass is 9.80. The molecular weight excluding hydrogens is 340 g/mol. The summed E-state index contributed by atoms with van der Waals surface area (Å²) < 4.78 is 20.7. The van der Waals surface area contributed by atoms with E-state index in [1.807, 2.05) is 6.92 Å². The van der Waals surface area contributed by atoms with Crippen LogP contribution >= 0.6 is 0 Å². The van der Waals surface area contributed by atoms with E-state index in [0.717, 1.165) is 25.0 Å². The van der Waals surface area contributed by atoms with Crippen LogP contribution in [0.4, 0.5) is 0 Å². The van der Waals surface area contributed by atoms with Gasteiger partial charge in [0, 0.05) is 0 Å². The monoisotopic (exact) mass is 370 g/mol. The Kier molecular flexibility index (Phi) is 8.81. The first-order chi connectivity index (χ1) is 12.3. The van der Waals surface area contributed by atoms with Crippen molar-refractivity contribution in [2.75, 3.05) is 19.8 Å². The average Bonchev–Trinajstić information content (AvgIpc) is 2.54. The number of carbonyl (C=O) groups is 2. The van der Waals surface area contributed by atoms with Crippen LogP contribution in [0.5, 0.6) is 0 Å². The number of nitrogens with two attached hydrogens (primary N) is 2.